The zero-order valence-corrected chi connectivity index (χ0v) is 28.1. The van der Waals surface area contributed by atoms with Crippen molar-refractivity contribution < 1.29 is 42.9 Å². The largest absolute Gasteiger partial charge is 0.463 e. The van der Waals surface area contributed by atoms with E-state index in [1.807, 2.05) is 30.3 Å². The number of ether oxygens (including phenoxy) is 5. The van der Waals surface area contributed by atoms with Gasteiger partial charge in [-0.25, -0.2) is 19.2 Å². The molecule has 0 bridgehead atoms. The molecular formula is C36H46N2O9. The smallest absolute Gasteiger partial charge is 0.412 e. The second-order valence-corrected chi connectivity index (χ2v) is 13.2. The SMILES string of the molecule is CCOC(=O)/C=C/[C@@]1(COC(=O)c2ccccc2)CC[C@H](C[C@H]2COC(C)(C)N2C(=O)OC(C)(C)C)N1C(=O)OCc1ccccc1. The van der Waals surface area contributed by atoms with Crippen LogP contribution in [0.25, 0.3) is 0 Å². The van der Waals surface area contributed by atoms with Crippen molar-refractivity contribution in [3.8, 4) is 0 Å². The Morgan fingerprint density at radius 2 is 1.55 bits per heavy atom. The average molecular weight is 651 g/mol. The van der Waals surface area contributed by atoms with Gasteiger partial charge in [0.25, 0.3) is 0 Å². The van der Waals surface area contributed by atoms with Crippen LogP contribution in [0.4, 0.5) is 9.59 Å². The first-order valence-corrected chi connectivity index (χ1v) is 16.0. The number of hydrogen-bond acceptors (Lipinski definition) is 9. The molecule has 11 nitrogen and oxygen atoms in total. The molecule has 0 saturated carbocycles. The molecule has 2 saturated heterocycles. The molecule has 0 spiro atoms. The second kappa shape index (κ2) is 15.0. The molecule has 2 aromatic carbocycles. The van der Waals surface area contributed by atoms with E-state index in [2.05, 4.69) is 0 Å². The highest BCUT2D eigenvalue weighted by molar-refractivity contribution is 5.89. The third kappa shape index (κ3) is 9.12. The third-order valence-corrected chi connectivity index (χ3v) is 8.14. The third-order valence-electron chi connectivity index (χ3n) is 8.14. The number of hydrogen-bond donors (Lipinski definition) is 0. The Balaban J connectivity index is 1.68. The Labute approximate surface area is 276 Å². The molecule has 2 aliphatic rings. The molecule has 0 N–H and O–H groups in total. The molecule has 0 aromatic heterocycles. The number of carbonyl (C=O) groups is 4. The van der Waals surface area contributed by atoms with E-state index in [0.29, 0.717) is 24.8 Å². The van der Waals surface area contributed by atoms with Crippen LogP contribution in [0.3, 0.4) is 0 Å². The van der Waals surface area contributed by atoms with Gasteiger partial charge in [-0.1, -0.05) is 48.5 Å². The van der Waals surface area contributed by atoms with Gasteiger partial charge < -0.3 is 23.7 Å². The summed E-state index contributed by atoms with van der Waals surface area (Å²) in [6.45, 7) is 10.9. The van der Waals surface area contributed by atoms with Crippen LogP contribution < -0.4 is 0 Å². The van der Waals surface area contributed by atoms with Crippen molar-refractivity contribution in [2.45, 2.75) is 96.4 Å². The van der Waals surface area contributed by atoms with Gasteiger partial charge in [0.15, 0.2) is 0 Å². The molecule has 0 aliphatic carbocycles. The van der Waals surface area contributed by atoms with Gasteiger partial charge in [-0.15, -0.1) is 0 Å². The minimum atomic E-state index is -1.25. The molecule has 254 valence electrons. The van der Waals surface area contributed by atoms with E-state index in [9.17, 15) is 19.2 Å². The van der Waals surface area contributed by atoms with Crippen molar-refractivity contribution >= 4 is 24.1 Å². The van der Waals surface area contributed by atoms with Crippen molar-refractivity contribution in [3.05, 3.63) is 83.9 Å². The Morgan fingerprint density at radius 1 is 0.894 bits per heavy atom. The second-order valence-electron chi connectivity index (χ2n) is 13.2. The van der Waals surface area contributed by atoms with Crippen molar-refractivity contribution in [3.63, 3.8) is 0 Å². The number of benzene rings is 2. The number of likely N-dealkylation sites (tertiary alicyclic amines) is 1. The highest BCUT2D eigenvalue weighted by Gasteiger charge is 2.53. The summed E-state index contributed by atoms with van der Waals surface area (Å²) in [5.74, 6) is -1.16. The summed E-state index contributed by atoms with van der Waals surface area (Å²) in [7, 11) is 0. The van der Waals surface area contributed by atoms with Crippen LogP contribution in [0.2, 0.25) is 0 Å². The highest BCUT2D eigenvalue weighted by atomic mass is 16.6. The lowest BCUT2D eigenvalue weighted by Crippen LogP contribution is -2.55. The lowest BCUT2D eigenvalue weighted by atomic mass is 9.96. The Kier molecular flexibility index (Phi) is 11.3. The zero-order chi connectivity index (χ0) is 34.2. The van der Waals surface area contributed by atoms with Gasteiger partial charge in [0.2, 0.25) is 0 Å². The van der Waals surface area contributed by atoms with Gasteiger partial charge in [-0.05, 0) is 84.6 Å². The molecule has 0 unspecified atom stereocenters. The number of nitrogens with zero attached hydrogens (tertiary/aromatic N) is 2. The van der Waals surface area contributed by atoms with Crippen LogP contribution in [0.5, 0.6) is 0 Å². The summed E-state index contributed by atoms with van der Waals surface area (Å²) >= 11 is 0. The molecule has 2 heterocycles. The summed E-state index contributed by atoms with van der Waals surface area (Å²) in [6.07, 6.45) is 2.79. The molecule has 2 aliphatic heterocycles. The molecule has 2 aromatic rings. The van der Waals surface area contributed by atoms with Crippen molar-refractivity contribution in [1.82, 2.24) is 9.80 Å². The van der Waals surface area contributed by atoms with Gasteiger partial charge in [-0.2, -0.15) is 0 Å². The van der Waals surface area contributed by atoms with Gasteiger partial charge >= 0.3 is 24.1 Å². The van der Waals surface area contributed by atoms with Gasteiger partial charge in [0, 0.05) is 12.1 Å². The molecule has 3 atom stereocenters. The topological polar surface area (TPSA) is 121 Å². The van der Waals surface area contributed by atoms with Crippen LogP contribution in [-0.4, -0.2) is 82.7 Å². The van der Waals surface area contributed by atoms with Crippen LogP contribution in [-0.2, 0) is 35.1 Å². The number of amides is 2. The van der Waals surface area contributed by atoms with Crippen molar-refractivity contribution in [2.75, 3.05) is 19.8 Å². The zero-order valence-electron chi connectivity index (χ0n) is 28.1. The van der Waals surface area contributed by atoms with Crippen molar-refractivity contribution in [1.29, 1.82) is 0 Å². The van der Waals surface area contributed by atoms with E-state index in [-0.39, 0.29) is 26.4 Å². The summed E-state index contributed by atoms with van der Waals surface area (Å²) in [5.41, 5.74) is -1.78. The molecule has 4 rings (SSSR count). The van der Waals surface area contributed by atoms with Crippen LogP contribution in [0.1, 0.15) is 76.7 Å². The predicted molar refractivity (Wildman–Crippen MR) is 173 cm³/mol. The average Bonchev–Trinajstić information content (AvgIpc) is 3.54. The van der Waals surface area contributed by atoms with Crippen LogP contribution in [0, 0.1) is 0 Å². The quantitative estimate of drug-likeness (QED) is 0.167. The fraction of sp³-hybridized carbons (Fsp3) is 0.500. The summed E-state index contributed by atoms with van der Waals surface area (Å²) in [4.78, 5) is 56.3. The molecule has 2 fully saturated rings. The minimum Gasteiger partial charge on any atom is -0.463 e. The van der Waals surface area contributed by atoms with Gasteiger partial charge in [0.1, 0.15) is 24.5 Å². The Hall–Kier alpha value is -4.38. The Bertz CT molecular complexity index is 1420. The molecular weight excluding hydrogens is 604 g/mol. The fourth-order valence-electron chi connectivity index (χ4n) is 6.04. The van der Waals surface area contributed by atoms with E-state index >= 15 is 0 Å². The van der Waals surface area contributed by atoms with E-state index < -0.39 is 53.1 Å². The predicted octanol–water partition coefficient (Wildman–Crippen LogP) is 6.26. The molecule has 47 heavy (non-hydrogen) atoms. The first-order chi connectivity index (χ1) is 22.2. The molecule has 2 amide bonds. The lowest BCUT2D eigenvalue weighted by Gasteiger charge is -2.40. The Morgan fingerprint density at radius 3 is 2.19 bits per heavy atom. The van der Waals surface area contributed by atoms with E-state index in [4.69, 9.17) is 23.7 Å². The molecule has 0 radical (unpaired) electrons. The standard InChI is InChI=1S/C36H46N2O9/c1-7-43-30(39)19-21-36(25-45-31(40)27-16-12-9-13-17-27)20-18-28(38(36)32(41)44-23-26-14-10-8-11-15-26)22-29-24-46-35(5,6)37(29)33(42)47-34(2,3)4/h8-17,19,21,28-29H,7,18,20,22-25H2,1-6H3/b21-19+/t28-,29+,36-/m1/s1. The van der Waals surface area contributed by atoms with Crippen molar-refractivity contribution in [2.24, 2.45) is 0 Å². The first-order valence-electron chi connectivity index (χ1n) is 16.0. The maximum atomic E-state index is 14.1. The number of rotatable bonds is 10. The number of carbonyl (C=O) groups excluding carboxylic acids is 4. The maximum Gasteiger partial charge on any atom is 0.412 e. The van der Waals surface area contributed by atoms with Crippen LogP contribution >= 0.6 is 0 Å². The van der Waals surface area contributed by atoms with E-state index in [1.54, 1.807) is 87.8 Å². The number of esters is 2. The van der Waals surface area contributed by atoms with Crippen LogP contribution in [0.15, 0.2) is 72.8 Å². The fourth-order valence-corrected chi connectivity index (χ4v) is 6.04. The summed E-state index contributed by atoms with van der Waals surface area (Å²) in [6, 6.07) is 16.9. The maximum absolute atomic E-state index is 14.1. The lowest BCUT2D eigenvalue weighted by molar-refractivity contribution is -0.137. The summed E-state index contributed by atoms with van der Waals surface area (Å²) in [5, 5.41) is 0. The summed E-state index contributed by atoms with van der Waals surface area (Å²) < 4.78 is 28.6. The van der Waals surface area contributed by atoms with E-state index in [0.717, 1.165) is 5.56 Å². The van der Waals surface area contributed by atoms with Gasteiger partial charge in [0.05, 0.1) is 30.4 Å². The highest BCUT2D eigenvalue weighted by Crippen LogP contribution is 2.41. The minimum absolute atomic E-state index is 0.00791. The van der Waals surface area contributed by atoms with Gasteiger partial charge in [-0.3, -0.25) is 9.80 Å². The monoisotopic (exact) mass is 650 g/mol. The molecule has 11 heteroatoms. The van der Waals surface area contributed by atoms with E-state index in [1.165, 1.54) is 6.08 Å². The normalized spacial score (nSPS) is 22.3. The first kappa shape index (κ1) is 35.5.